The molecule has 86 valence electrons. The van der Waals surface area contributed by atoms with Crippen LogP contribution in [0.5, 0.6) is 0 Å². The van der Waals surface area contributed by atoms with E-state index in [0.29, 0.717) is 5.56 Å². The molecule has 0 saturated heterocycles. The van der Waals surface area contributed by atoms with Crippen molar-refractivity contribution in [1.82, 2.24) is 9.78 Å². The van der Waals surface area contributed by atoms with Crippen molar-refractivity contribution in [3.63, 3.8) is 0 Å². The first-order chi connectivity index (χ1) is 8.15. The minimum Gasteiger partial charge on any atom is -0.236 e. The molecule has 2 aromatic rings. The molecule has 0 aliphatic heterocycles. The predicted octanol–water partition coefficient (Wildman–Crippen LogP) is 3.18. The Hall–Kier alpha value is -2.08. The maximum absolute atomic E-state index is 9.09. The summed E-state index contributed by atoms with van der Waals surface area (Å²) in [4.78, 5) is 0. The van der Waals surface area contributed by atoms with Crippen LogP contribution in [0.1, 0.15) is 36.6 Å². The lowest BCUT2D eigenvalue weighted by Crippen LogP contribution is -2.06. The minimum atomic E-state index is 0.270. The standard InChI is InChI=1S/C14H15N3/c1-10(2)14-12(8-15)9-16-17(14)13-7-5-4-6-11(13)3/h4-7,9-10H,1-3H3. The number of rotatable bonds is 2. The topological polar surface area (TPSA) is 41.6 Å². The summed E-state index contributed by atoms with van der Waals surface area (Å²) in [6.07, 6.45) is 1.64. The number of hydrogen-bond acceptors (Lipinski definition) is 2. The molecule has 0 unspecified atom stereocenters. The first-order valence-corrected chi connectivity index (χ1v) is 5.69. The van der Waals surface area contributed by atoms with E-state index >= 15 is 0 Å². The molecular weight excluding hydrogens is 210 g/mol. The molecule has 1 aromatic carbocycles. The van der Waals surface area contributed by atoms with Gasteiger partial charge in [-0.3, -0.25) is 0 Å². The van der Waals surface area contributed by atoms with Crippen molar-refractivity contribution in [3.8, 4) is 11.8 Å². The van der Waals surface area contributed by atoms with Crippen LogP contribution in [0.2, 0.25) is 0 Å². The third-order valence-electron chi connectivity index (χ3n) is 2.82. The molecule has 0 atom stereocenters. The third kappa shape index (κ3) is 1.94. The van der Waals surface area contributed by atoms with Gasteiger partial charge in [0.25, 0.3) is 0 Å². The number of aromatic nitrogens is 2. The lowest BCUT2D eigenvalue weighted by Gasteiger charge is -2.12. The van der Waals surface area contributed by atoms with Crippen LogP contribution < -0.4 is 0 Å². The minimum absolute atomic E-state index is 0.270. The third-order valence-corrected chi connectivity index (χ3v) is 2.82. The quantitative estimate of drug-likeness (QED) is 0.787. The van der Waals surface area contributed by atoms with E-state index in [1.165, 1.54) is 0 Å². The molecule has 0 spiro atoms. The molecule has 0 aliphatic carbocycles. The Morgan fingerprint density at radius 2 is 2.00 bits per heavy atom. The second kappa shape index (κ2) is 4.42. The van der Waals surface area contributed by atoms with Gasteiger partial charge in [-0.1, -0.05) is 32.0 Å². The van der Waals surface area contributed by atoms with E-state index in [0.717, 1.165) is 16.9 Å². The van der Waals surface area contributed by atoms with Gasteiger partial charge >= 0.3 is 0 Å². The predicted molar refractivity (Wildman–Crippen MR) is 67.1 cm³/mol. The molecule has 1 aromatic heterocycles. The first kappa shape index (κ1) is 11.4. The van der Waals surface area contributed by atoms with Crippen LogP contribution in [0.4, 0.5) is 0 Å². The van der Waals surface area contributed by atoms with Gasteiger partial charge in [0, 0.05) is 0 Å². The molecule has 0 N–H and O–H groups in total. The molecular formula is C14H15N3. The molecule has 0 amide bonds. The largest absolute Gasteiger partial charge is 0.236 e. The fraction of sp³-hybridized carbons (Fsp3) is 0.286. The van der Waals surface area contributed by atoms with E-state index in [2.05, 4.69) is 25.0 Å². The maximum atomic E-state index is 9.09. The van der Waals surface area contributed by atoms with Crippen LogP contribution in [0.15, 0.2) is 30.5 Å². The second-order valence-corrected chi connectivity index (χ2v) is 4.41. The number of nitriles is 1. The zero-order chi connectivity index (χ0) is 12.4. The molecule has 3 nitrogen and oxygen atoms in total. The molecule has 3 heteroatoms. The summed E-state index contributed by atoms with van der Waals surface area (Å²) in [6, 6.07) is 10.3. The Kier molecular flexibility index (Phi) is 2.97. The second-order valence-electron chi connectivity index (χ2n) is 4.41. The van der Waals surface area contributed by atoms with Crippen molar-refractivity contribution < 1.29 is 0 Å². The first-order valence-electron chi connectivity index (χ1n) is 5.69. The van der Waals surface area contributed by atoms with Crippen LogP contribution in [0.25, 0.3) is 5.69 Å². The molecule has 0 fully saturated rings. The van der Waals surface area contributed by atoms with Gasteiger partial charge in [0.2, 0.25) is 0 Å². The molecule has 0 saturated carbocycles. The summed E-state index contributed by atoms with van der Waals surface area (Å²) in [6.45, 7) is 6.20. The highest BCUT2D eigenvalue weighted by atomic mass is 15.3. The summed E-state index contributed by atoms with van der Waals surface area (Å²) in [7, 11) is 0. The molecule has 17 heavy (non-hydrogen) atoms. The monoisotopic (exact) mass is 225 g/mol. The SMILES string of the molecule is Cc1ccccc1-n1ncc(C#N)c1C(C)C. The van der Waals surface area contributed by atoms with Gasteiger partial charge in [-0.2, -0.15) is 10.4 Å². The van der Waals surface area contributed by atoms with Crippen LogP contribution in [0, 0.1) is 18.3 Å². The summed E-state index contributed by atoms with van der Waals surface area (Å²) < 4.78 is 1.87. The van der Waals surface area contributed by atoms with Gasteiger partial charge in [0.1, 0.15) is 6.07 Å². The van der Waals surface area contributed by atoms with E-state index < -0.39 is 0 Å². The Balaban J connectivity index is 2.66. The zero-order valence-electron chi connectivity index (χ0n) is 10.3. The maximum Gasteiger partial charge on any atom is 0.103 e. The van der Waals surface area contributed by atoms with Crippen LogP contribution in [0.3, 0.4) is 0 Å². The van der Waals surface area contributed by atoms with Gasteiger partial charge in [0.15, 0.2) is 0 Å². The number of benzene rings is 1. The van der Waals surface area contributed by atoms with Crippen molar-refractivity contribution >= 4 is 0 Å². The average molecular weight is 225 g/mol. The van der Waals surface area contributed by atoms with E-state index in [4.69, 9.17) is 5.26 Å². The number of nitrogens with zero attached hydrogens (tertiary/aromatic N) is 3. The normalized spacial score (nSPS) is 10.5. The van der Waals surface area contributed by atoms with Gasteiger partial charge < -0.3 is 0 Å². The van der Waals surface area contributed by atoms with Gasteiger partial charge in [0.05, 0.1) is 23.1 Å². The fourth-order valence-corrected chi connectivity index (χ4v) is 1.99. The Labute approximate surface area is 101 Å². The number of para-hydroxylation sites is 1. The van der Waals surface area contributed by atoms with E-state index in [1.54, 1.807) is 6.20 Å². The van der Waals surface area contributed by atoms with E-state index in [1.807, 2.05) is 35.9 Å². The summed E-state index contributed by atoms with van der Waals surface area (Å²) in [5, 5.41) is 13.4. The molecule has 0 radical (unpaired) electrons. The highest BCUT2D eigenvalue weighted by molar-refractivity contribution is 5.45. The van der Waals surface area contributed by atoms with Gasteiger partial charge in [-0.25, -0.2) is 4.68 Å². The van der Waals surface area contributed by atoms with Crippen molar-refractivity contribution in [2.45, 2.75) is 26.7 Å². The van der Waals surface area contributed by atoms with E-state index in [-0.39, 0.29) is 5.92 Å². The summed E-state index contributed by atoms with van der Waals surface area (Å²) in [5.41, 5.74) is 3.82. The van der Waals surface area contributed by atoms with Crippen molar-refractivity contribution in [2.24, 2.45) is 0 Å². The lowest BCUT2D eigenvalue weighted by atomic mass is 10.1. The summed E-state index contributed by atoms with van der Waals surface area (Å²) in [5.74, 6) is 0.270. The smallest absolute Gasteiger partial charge is 0.103 e. The van der Waals surface area contributed by atoms with Crippen molar-refractivity contribution in [3.05, 3.63) is 47.3 Å². The van der Waals surface area contributed by atoms with Gasteiger partial charge in [-0.15, -0.1) is 0 Å². The fourth-order valence-electron chi connectivity index (χ4n) is 1.99. The lowest BCUT2D eigenvalue weighted by molar-refractivity contribution is 0.730. The zero-order valence-corrected chi connectivity index (χ0v) is 10.3. The molecule has 2 rings (SSSR count). The van der Waals surface area contributed by atoms with Crippen LogP contribution >= 0.6 is 0 Å². The average Bonchev–Trinajstić information content (AvgIpc) is 2.73. The molecule has 0 bridgehead atoms. The highest BCUT2D eigenvalue weighted by Gasteiger charge is 2.15. The van der Waals surface area contributed by atoms with E-state index in [9.17, 15) is 0 Å². The number of hydrogen-bond donors (Lipinski definition) is 0. The Morgan fingerprint density at radius 3 is 2.59 bits per heavy atom. The van der Waals surface area contributed by atoms with Crippen molar-refractivity contribution in [1.29, 1.82) is 5.26 Å². The van der Waals surface area contributed by atoms with Crippen molar-refractivity contribution in [2.75, 3.05) is 0 Å². The number of aryl methyl sites for hydroxylation is 1. The van der Waals surface area contributed by atoms with Crippen LogP contribution in [-0.2, 0) is 0 Å². The Bertz CT molecular complexity index is 573. The molecule has 1 heterocycles. The molecule has 0 aliphatic rings. The Morgan fingerprint density at radius 1 is 1.29 bits per heavy atom. The van der Waals surface area contributed by atoms with Gasteiger partial charge in [-0.05, 0) is 24.5 Å². The highest BCUT2D eigenvalue weighted by Crippen LogP contribution is 2.23. The van der Waals surface area contributed by atoms with Crippen LogP contribution in [-0.4, -0.2) is 9.78 Å². The summed E-state index contributed by atoms with van der Waals surface area (Å²) >= 11 is 0.